The molecule has 0 radical (unpaired) electrons. The maximum Gasteiger partial charge on any atom is 0.416 e. The van der Waals surface area contributed by atoms with Gasteiger partial charge < -0.3 is 10.2 Å². The third kappa shape index (κ3) is 4.69. The van der Waals surface area contributed by atoms with Gasteiger partial charge in [0.1, 0.15) is 0 Å². The first kappa shape index (κ1) is 20.1. The van der Waals surface area contributed by atoms with Gasteiger partial charge in [-0.05, 0) is 63.9 Å². The molecular weight excluding hydrogens is 379 g/mol. The summed E-state index contributed by atoms with van der Waals surface area (Å²) in [5, 5.41) is 3.37. The fraction of sp³-hybridized carbons (Fsp3) is 0.571. The van der Waals surface area contributed by atoms with Gasteiger partial charge in [0.05, 0.1) is 11.3 Å². The summed E-state index contributed by atoms with van der Waals surface area (Å²) < 4.78 is 39.2. The molecule has 8 heteroatoms. The molecule has 0 aromatic carbocycles. The van der Waals surface area contributed by atoms with Crippen LogP contribution in [0.5, 0.6) is 0 Å². The van der Waals surface area contributed by atoms with Crippen molar-refractivity contribution in [2.24, 2.45) is 0 Å². The van der Waals surface area contributed by atoms with Crippen LogP contribution < -0.4 is 10.2 Å². The summed E-state index contributed by atoms with van der Waals surface area (Å²) in [4.78, 5) is 16.0. The van der Waals surface area contributed by atoms with Gasteiger partial charge in [0.15, 0.2) is 0 Å². The second kappa shape index (κ2) is 8.26. The van der Waals surface area contributed by atoms with Gasteiger partial charge in [-0.15, -0.1) is 0 Å². The monoisotopic (exact) mass is 405 g/mol. The normalized spacial score (nSPS) is 21.0. The Kier molecular flexibility index (Phi) is 5.72. The standard InChI is InChI=1S/C21H26F3N5/c1-14-3-2-10-29(14)20-27-18(13-19(28-20)15-4-7-25-8-5-15)12-17-11-16(6-9-26-17)21(22,23)24/h6,9,11,13-15,25H,2-5,7-8,10,12H2,1H3/t14-/m1/s1. The first-order chi connectivity index (χ1) is 13.9. The number of nitrogens with one attached hydrogen (secondary N) is 1. The lowest BCUT2D eigenvalue weighted by Gasteiger charge is -2.26. The number of alkyl halides is 3. The van der Waals surface area contributed by atoms with E-state index >= 15 is 0 Å². The van der Waals surface area contributed by atoms with E-state index in [4.69, 9.17) is 9.97 Å². The van der Waals surface area contributed by atoms with Crippen molar-refractivity contribution >= 4 is 5.95 Å². The molecule has 2 aromatic rings. The van der Waals surface area contributed by atoms with E-state index in [0.29, 0.717) is 23.6 Å². The van der Waals surface area contributed by atoms with Crippen LogP contribution in [0.2, 0.25) is 0 Å². The summed E-state index contributed by atoms with van der Waals surface area (Å²) in [6.07, 6.45) is 1.33. The van der Waals surface area contributed by atoms with Crippen LogP contribution in [0.15, 0.2) is 24.4 Å². The van der Waals surface area contributed by atoms with Gasteiger partial charge in [0.2, 0.25) is 5.95 Å². The van der Waals surface area contributed by atoms with Gasteiger partial charge in [-0.3, -0.25) is 4.98 Å². The van der Waals surface area contributed by atoms with Crippen LogP contribution in [0, 0.1) is 0 Å². The summed E-state index contributed by atoms with van der Waals surface area (Å²) in [5.41, 5.74) is 1.42. The Balaban J connectivity index is 1.66. The van der Waals surface area contributed by atoms with Crippen molar-refractivity contribution in [3.05, 3.63) is 47.0 Å². The van der Waals surface area contributed by atoms with Crippen LogP contribution in [0.1, 0.15) is 61.2 Å². The molecule has 1 atom stereocenters. The number of anilines is 1. The average Bonchev–Trinajstić information content (AvgIpc) is 3.14. The van der Waals surface area contributed by atoms with Gasteiger partial charge in [-0.2, -0.15) is 13.2 Å². The molecule has 2 saturated heterocycles. The highest BCUT2D eigenvalue weighted by Crippen LogP contribution is 2.31. The first-order valence-corrected chi connectivity index (χ1v) is 10.3. The molecule has 0 saturated carbocycles. The fourth-order valence-corrected chi connectivity index (χ4v) is 4.22. The SMILES string of the molecule is C[C@@H]1CCCN1c1nc(Cc2cc(C(F)(F)F)ccn2)cc(C2CCNCC2)n1. The number of pyridine rings is 1. The molecule has 0 bridgehead atoms. The van der Waals surface area contributed by atoms with Crippen LogP contribution >= 0.6 is 0 Å². The average molecular weight is 405 g/mol. The topological polar surface area (TPSA) is 53.9 Å². The van der Waals surface area contributed by atoms with Gasteiger partial charge >= 0.3 is 6.18 Å². The molecule has 0 aliphatic carbocycles. The number of rotatable bonds is 4. The molecule has 1 N–H and O–H groups in total. The maximum absolute atomic E-state index is 13.1. The minimum atomic E-state index is -4.38. The molecule has 4 heterocycles. The zero-order valence-corrected chi connectivity index (χ0v) is 16.5. The van der Waals surface area contributed by atoms with E-state index in [1.54, 1.807) is 0 Å². The minimum absolute atomic E-state index is 0.264. The lowest BCUT2D eigenvalue weighted by Crippen LogP contribution is -2.30. The predicted octanol–water partition coefficient (Wildman–Crippen LogP) is 3.94. The number of hydrogen-bond donors (Lipinski definition) is 1. The van der Waals surface area contributed by atoms with Crippen LogP contribution in [-0.4, -0.2) is 40.6 Å². The molecule has 4 rings (SSSR count). The van der Waals surface area contributed by atoms with Crippen LogP contribution in [0.3, 0.4) is 0 Å². The molecule has 2 fully saturated rings. The Hall–Kier alpha value is -2.22. The molecule has 156 valence electrons. The van der Waals surface area contributed by atoms with Crippen molar-refractivity contribution in [3.63, 3.8) is 0 Å². The zero-order chi connectivity index (χ0) is 20.4. The summed E-state index contributed by atoms with van der Waals surface area (Å²) in [5.74, 6) is 1.05. The van der Waals surface area contributed by atoms with Gasteiger partial charge in [-0.1, -0.05) is 0 Å². The van der Waals surface area contributed by atoms with E-state index in [9.17, 15) is 13.2 Å². The van der Waals surface area contributed by atoms with E-state index in [-0.39, 0.29) is 6.42 Å². The van der Waals surface area contributed by atoms with Gasteiger partial charge in [0.25, 0.3) is 0 Å². The summed E-state index contributed by atoms with van der Waals surface area (Å²) in [6.45, 7) is 4.99. The number of aromatic nitrogens is 3. The van der Waals surface area contributed by atoms with Crippen molar-refractivity contribution in [1.29, 1.82) is 0 Å². The van der Waals surface area contributed by atoms with E-state index in [1.807, 2.05) is 6.07 Å². The van der Waals surface area contributed by atoms with Crippen LogP contribution in [-0.2, 0) is 12.6 Å². The molecule has 2 aromatic heterocycles. The number of nitrogens with zero attached hydrogens (tertiary/aromatic N) is 4. The molecule has 0 amide bonds. The Morgan fingerprint density at radius 3 is 2.59 bits per heavy atom. The minimum Gasteiger partial charge on any atom is -0.338 e. The Morgan fingerprint density at radius 1 is 1.10 bits per heavy atom. The Labute approximate surface area is 168 Å². The Morgan fingerprint density at radius 2 is 1.90 bits per heavy atom. The first-order valence-electron chi connectivity index (χ1n) is 10.3. The van der Waals surface area contributed by atoms with Crippen molar-refractivity contribution in [2.45, 2.75) is 57.2 Å². The molecule has 2 aliphatic heterocycles. The third-order valence-electron chi connectivity index (χ3n) is 5.86. The van der Waals surface area contributed by atoms with Crippen molar-refractivity contribution in [2.75, 3.05) is 24.5 Å². The smallest absolute Gasteiger partial charge is 0.338 e. The molecule has 5 nitrogen and oxygen atoms in total. The second-order valence-electron chi connectivity index (χ2n) is 8.00. The maximum atomic E-state index is 13.1. The third-order valence-corrected chi connectivity index (χ3v) is 5.86. The summed E-state index contributed by atoms with van der Waals surface area (Å²) in [6, 6.07) is 4.45. The highest BCUT2D eigenvalue weighted by Gasteiger charge is 2.31. The van der Waals surface area contributed by atoms with E-state index in [2.05, 4.69) is 22.1 Å². The molecule has 2 aliphatic rings. The lowest BCUT2D eigenvalue weighted by atomic mass is 9.93. The number of halogens is 3. The lowest BCUT2D eigenvalue weighted by molar-refractivity contribution is -0.137. The fourth-order valence-electron chi connectivity index (χ4n) is 4.22. The van der Waals surface area contributed by atoms with Crippen LogP contribution in [0.4, 0.5) is 19.1 Å². The van der Waals surface area contributed by atoms with E-state index in [1.165, 1.54) is 6.20 Å². The highest BCUT2D eigenvalue weighted by atomic mass is 19.4. The highest BCUT2D eigenvalue weighted by molar-refractivity contribution is 5.37. The largest absolute Gasteiger partial charge is 0.416 e. The van der Waals surface area contributed by atoms with Gasteiger partial charge in [0, 0.05) is 42.5 Å². The molecule has 29 heavy (non-hydrogen) atoms. The molecule has 0 spiro atoms. The van der Waals surface area contributed by atoms with E-state index < -0.39 is 11.7 Å². The number of hydrogen-bond acceptors (Lipinski definition) is 5. The quantitative estimate of drug-likeness (QED) is 0.835. The summed E-state index contributed by atoms with van der Waals surface area (Å²) in [7, 11) is 0. The zero-order valence-electron chi connectivity index (χ0n) is 16.5. The van der Waals surface area contributed by atoms with Crippen molar-refractivity contribution in [3.8, 4) is 0 Å². The number of piperidine rings is 1. The van der Waals surface area contributed by atoms with Crippen molar-refractivity contribution in [1.82, 2.24) is 20.3 Å². The predicted molar refractivity (Wildman–Crippen MR) is 105 cm³/mol. The summed E-state index contributed by atoms with van der Waals surface area (Å²) >= 11 is 0. The van der Waals surface area contributed by atoms with Crippen molar-refractivity contribution < 1.29 is 13.2 Å². The molecular formula is C21H26F3N5. The second-order valence-corrected chi connectivity index (χ2v) is 8.00. The Bertz CT molecular complexity index is 848. The van der Waals surface area contributed by atoms with Gasteiger partial charge in [-0.25, -0.2) is 9.97 Å². The van der Waals surface area contributed by atoms with E-state index in [0.717, 1.165) is 68.8 Å². The van der Waals surface area contributed by atoms with Crippen LogP contribution in [0.25, 0.3) is 0 Å². The molecule has 0 unspecified atom stereocenters.